The van der Waals surface area contributed by atoms with Gasteiger partial charge in [-0.2, -0.15) is 0 Å². The van der Waals surface area contributed by atoms with Gasteiger partial charge in [0.15, 0.2) is 0 Å². The number of hydrogen-bond donors (Lipinski definition) is 3. The summed E-state index contributed by atoms with van der Waals surface area (Å²) in [5, 5.41) is 9.66. The first-order valence-corrected chi connectivity index (χ1v) is 18.6. The monoisotopic (exact) mass is 677 g/mol. The maximum Gasteiger partial charge on any atom is 0.248 e. The topological polar surface area (TPSA) is 103 Å². The van der Waals surface area contributed by atoms with Crippen molar-refractivity contribution in [1.82, 2.24) is 15.1 Å². The van der Waals surface area contributed by atoms with Crippen LogP contribution in [0.2, 0.25) is 0 Å². The van der Waals surface area contributed by atoms with E-state index >= 15 is 0 Å². The molecule has 2 aliphatic heterocycles. The number of fused-ring (bicyclic) bond motifs is 2. The number of amides is 3. The first kappa shape index (κ1) is 34.1. The number of ether oxygens (including phenoxy) is 1. The quantitative estimate of drug-likeness (QED) is 0.193. The molecule has 3 aromatic rings. The molecule has 1 spiro atoms. The van der Waals surface area contributed by atoms with Crippen LogP contribution in [0, 0.1) is 0 Å². The van der Waals surface area contributed by atoms with Crippen LogP contribution in [0.4, 0.5) is 11.4 Å². The molecule has 264 valence electrons. The lowest BCUT2D eigenvalue weighted by molar-refractivity contribution is -0.135. The molecule has 1 saturated carbocycles. The number of methoxy groups -OCH3 is 1. The summed E-state index contributed by atoms with van der Waals surface area (Å²) in [6, 6.07) is 22.7. The fourth-order valence-corrected chi connectivity index (χ4v) is 9.26. The van der Waals surface area contributed by atoms with Crippen LogP contribution < -0.4 is 16.0 Å². The van der Waals surface area contributed by atoms with Crippen molar-refractivity contribution in [2.24, 2.45) is 0 Å². The molecule has 0 radical (unpaired) electrons. The average molecular weight is 678 g/mol. The summed E-state index contributed by atoms with van der Waals surface area (Å²) in [4.78, 5) is 39.5. The van der Waals surface area contributed by atoms with Crippen molar-refractivity contribution >= 4 is 29.6 Å². The van der Waals surface area contributed by atoms with E-state index in [0.29, 0.717) is 13.0 Å². The largest absolute Gasteiger partial charge is 0.383 e. The summed E-state index contributed by atoms with van der Waals surface area (Å²) in [5.41, 5.74) is 10.7. The van der Waals surface area contributed by atoms with Gasteiger partial charge in [0, 0.05) is 56.7 Å². The molecule has 3 aromatic carbocycles. The van der Waals surface area contributed by atoms with Crippen molar-refractivity contribution in [2.45, 2.75) is 81.7 Å². The van der Waals surface area contributed by atoms with Gasteiger partial charge in [0.1, 0.15) is 6.61 Å². The van der Waals surface area contributed by atoms with E-state index in [2.05, 4.69) is 76.6 Å². The summed E-state index contributed by atoms with van der Waals surface area (Å²) in [6.45, 7) is 3.19. The lowest BCUT2D eigenvalue weighted by Crippen LogP contribution is -2.43. The van der Waals surface area contributed by atoms with Crippen LogP contribution in [0.3, 0.4) is 0 Å². The van der Waals surface area contributed by atoms with Crippen LogP contribution in [0.25, 0.3) is 22.3 Å². The van der Waals surface area contributed by atoms with E-state index < -0.39 is 0 Å². The van der Waals surface area contributed by atoms with Gasteiger partial charge in [0.05, 0.1) is 6.54 Å². The Hall–Kier alpha value is -4.37. The summed E-state index contributed by atoms with van der Waals surface area (Å²) >= 11 is 0. The van der Waals surface area contributed by atoms with Gasteiger partial charge in [0.25, 0.3) is 0 Å². The predicted octanol–water partition coefficient (Wildman–Crippen LogP) is 5.98. The van der Waals surface area contributed by atoms with Gasteiger partial charge in [0.2, 0.25) is 18.2 Å². The number of likely N-dealkylation sites (tertiary alicyclic amines) is 2. The zero-order chi connectivity index (χ0) is 34.5. The highest BCUT2D eigenvalue weighted by Gasteiger charge is 2.43. The Kier molecular flexibility index (Phi) is 10.4. The standard InChI is InChI=1S/C41H51N5O4/c1-50-27-39(49)46-23-5-7-34(46)25-44-32-14-10-30(11-15-32)36-17-16-35(37-18-21-41(40(36)37)19-2-3-20-41)29-8-12-31(13-9-29)43-24-33-6-4-22-45(33)38(48)26-42-28-47/h8-17,28,33-34,43-44H,2-7,18-27H2,1H3,(H,42,47)/t33-,34-/m0/s1. The maximum absolute atomic E-state index is 12.5. The van der Waals surface area contributed by atoms with Crippen molar-refractivity contribution in [2.75, 3.05) is 57.1 Å². The smallest absolute Gasteiger partial charge is 0.248 e. The molecule has 2 heterocycles. The number of benzene rings is 3. The van der Waals surface area contributed by atoms with E-state index in [1.165, 1.54) is 59.9 Å². The third-order valence-electron chi connectivity index (χ3n) is 11.7. The summed E-state index contributed by atoms with van der Waals surface area (Å²) < 4.78 is 5.10. The summed E-state index contributed by atoms with van der Waals surface area (Å²) in [5.74, 6) is 0.0509. The minimum atomic E-state index is -0.0229. The van der Waals surface area contributed by atoms with Gasteiger partial charge >= 0.3 is 0 Å². The molecule has 0 unspecified atom stereocenters. The molecule has 3 fully saturated rings. The van der Waals surface area contributed by atoms with Crippen LogP contribution >= 0.6 is 0 Å². The Labute approximate surface area is 296 Å². The highest BCUT2D eigenvalue weighted by atomic mass is 16.5. The molecule has 0 aromatic heterocycles. The predicted molar refractivity (Wildman–Crippen MR) is 198 cm³/mol. The fourth-order valence-electron chi connectivity index (χ4n) is 9.26. The van der Waals surface area contributed by atoms with Crippen molar-refractivity contribution in [3.8, 4) is 22.3 Å². The molecular formula is C41H51N5O4. The molecule has 0 bridgehead atoms. The van der Waals surface area contributed by atoms with E-state index in [1.807, 2.05) is 9.80 Å². The normalized spacial score (nSPS) is 20.7. The molecular weight excluding hydrogens is 626 g/mol. The van der Waals surface area contributed by atoms with Gasteiger partial charge in [-0.3, -0.25) is 14.4 Å². The number of carbonyl (C=O) groups is 3. The highest BCUT2D eigenvalue weighted by Crippen LogP contribution is 2.55. The number of carbonyl (C=O) groups excluding carboxylic acids is 3. The van der Waals surface area contributed by atoms with E-state index in [1.54, 1.807) is 12.7 Å². The molecule has 50 heavy (non-hydrogen) atoms. The third-order valence-corrected chi connectivity index (χ3v) is 11.7. The number of nitrogens with zero attached hydrogens (tertiary/aromatic N) is 2. The number of anilines is 2. The molecule has 7 rings (SSSR count). The Morgan fingerprint density at radius 3 is 1.90 bits per heavy atom. The second kappa shape index (κ2) is 15.3. The molecule has 9 nitrogen and oxygen atoms in total. The van der Waals surface area contributed by atoms with Crippen molar-refractivity contribution in [1.29, 1.82) is 0 Å². The van der Waals surface area contributed by atoms with Crippen molar-refractivity contribution < 1.29 is 19.1 Å². The van der Waals surface area contributed by atoms with Gasteiger partial charge in [-0.1, -0.05) is 49.2 Å². The van der Waals surface area contributed by atoms with Crippen LogP contribution in [-0.4, -0.2) is 86.5 Å². The van der Waals surface area contributed by atoms with Crippen LogP contribution in [0.1, 0.15) is 68.9 Å². The SMILES string of the molecule is COCC(=O)N1CCC[C@H]1CNc1ccc(-c2ccc(-c3ccc(NC[C@@H]4CCCN4C(=O)CNC=O)cc3)c3c2C2(CCCC2)CC3)cc1. The Morgan fingerprint density at radius 1 is 0.760 bits per heavy atom. The number of hydrogen-bond acceptors (Lipinski definition) is 6. The van der Waals surface area contributed by atoms with E-state index in [-0.39, 0.29) is 42.5 Å². The number of rotatable bonds is 13. The third kappa shape index (κ3) is 6.97. The van der Waals surface area contributed by atoms with Crippen LogP contribution in [-0.2, 0) is 31.0 Å². The number of nitrogens with one attached hydrogen (secondary N) is 3. The maximum atomic E-state index is 12.5. The minimum Gasteiger partial charge on any atom is -0.383 e. The second-order valence-corrected chi connectivity index (χ2v) is 14.6. The minimum absolute atomic E-state index is 0.0229. The van der Waals surface area contributed by atoms with E-state index in [9.17, 15) is 14.4 Å². The Morgan fingerprint density at radius 2 is 1.32 bits per heavy atom. The van der Waals surface area contributed by atoms with Gasteiger partial charge in [-0.05, 0) is 114 Å². The molecule has 2 saturated heterocycles. The molecule has 3 N–H and O–H groups in total. The van der Waals surface area contributed by atoms with Crippen LogP contribution in [0.5, 0.6) is 0 Å². The van der Waals surface area contributed by atoms with E-state index in [0.717, 1.165) is 63.1 Å². The van der Waals surface area contributed by atoms with Gasteiger partial charge < -0.3 is 30.5 Å². The summed E-state index contributed by atoms with van der Waals surface area (Å²) in [7, 11) is 1.58. The second-order valence-electron chi connectivity index (χ2n) is 14.6. The van der Waals surface area contributed by atoms with Gasteiger partial charge in [-0.25, -0.2) is 0 Å². The molecule has 9 heteroatoms. The first-order chi connectivity index (χ1) is 24.5. The van der Waals surface area contributed by atoms with Crippen LogP contribution in [0.15, 0.2) is 60.7 Å². The zero-order valence-corrected chi connectivity index (χ0v) is 29.3. The highest BCUT2D eigenvalue weighted by molar-refractivity contribution is 5.82. The Balaban J connectivity index is 1.06. The van der Waals surface area contributed by atoms with Crippen molar-refractivity contribution in [3.05, 3.63) is 71.8 Å². The zero-order valence-electron chi connectivity index (χ0n) is 29.3. The van der Waals surface area contributed by atoms with Crippen molar-refractivity contribution in [3.63, 3.8) is 0 Å². The lowest BCUT2D eigenvalue weighted by atomic mass is 9.76. The summed E-state index contributed by atoms with van der Waals surface area (Å²) in [6.07, 6.45) is 12.1. The molecule has 3 amide bonds. The van der Waals surface area contributed by atoms with Gasteiger partial charge in [-0.15, -0.1) is 0 Å². The lowest BCUT2D eigenvalue weighted by Gasteiger charge is -2.28. The average Bonchev–Trinajstić information content (AvgIpc) is 3.98. The Bertz CT molecular complexity index is 1670. The van der Waals surface area contributed by atoms with E-state index in [4.69, 9.17) is 4.74 Å². The molecule has 4 aliphatic rings. The molecule has 2 atom stereocenters. The first-order valence-electron chi connectivity index (χ1n) is 18.6. The fraction of sp³-hybridized carbons (Fsp3) is 0.488. The molecule has 2 aliphatic carbocycles.